The monoisotopic (exact) mass is 340 g/mol. The number of halogens is 1. The molecular formula is C19H21FN4O. The highest BCUT2D eigenvalue weighted by Crippen LogP contribution is 2.22. The zero-order valence-electron chi connectivity index (χ0n) is 14.2. The van der Waals surface area contributed by atoms with Crippen LogP contribution in [0.2, 0.25) is 0 Å². The molecule has 25 heavy (non-hydrogen) atoms. The van der Waals surface area contributed by atoms with Gasteiger partial charge in [-0.15, -0.1) is 0 Å². The number of pyridine rings is 1. The van der Waals surface area contributed by atoms with Gasteiger partial charge in [0, 0.05) is 25.8 Å². The lowest BCUT2D eigenvalue weighted by Gasteiger charge is -2.17. The number of benzene rings is 1. The Labute approximate surface area is 147 Å². The fourth-order valence-corrected chi connectivity index (χ4v) is 3.10. The van der Waals surface area contributed by atoms with E-state index in [0.29, 0.717) is 11.5 Å². The maximum atomic E-state index is 13.8. The second-order valence-corrected chi connectivity index (χ2v) is 6.28. The number of nitrogens with one attached hydrogen (secondary N) is 1. The second kappa shape index (κ2) is 7.95. The Morgan fingerprint density at radius 2 is 2.28 bits per heavy atom. The number of methoxy groups -OCH3 is 1. The van der Waals surface area contributed by atoms with Crippen molar-refractivity contribution < 1.29 is 9.13 Å². The number of nitriles is 1. The number of ether oxygens (including phenoxy) is 1. The van der Waals surface area contributed by atoms with Crippen LogP contribution < -0.4 is 10.1 Å². The molecule has 130 valence electrons. The molecule has 2 aromatic rings. The zero-order valence-corrected chi connectivity index (χ0v) is 14.2. The summed E-state index contributed by atoms with van der Waals surface area (Å²) >= 11 is 0. The summed E-state index contributed by atoms with van der Waals surface area (Å²) in [6.07, 6.45) is 2.67. The molecule has 1 fully saturated rings. The first kappa shape index (κ1) is 17.2. The number of hydrogen-bond donors (Lipinski definition) is 1. The SMILES string of the molecule is COc1ccc(CN2CC[C@H](CNc3ccc(C#N)cn3)C2)cc1F. The summed E-state index contributed by atoms with van der Waals surface area (Å²) in [5.74, 6) is 1.28. The predicted molar refractivity (Wildman–Crippen MR) is 93.8 cm³/mol. The van der Waals surface area contributed by atoms with Gasteiger partial charge in [0.05, 0.1) is 12.7 Å². The van der Waals surface area contributed by atoms with E-state index in [-0.39, 0.29) is 11.6 Å². The molecule has 1 saturated heterocycles. The maximum Gasteiger partial charge on any atom is 0.165 e. The van der Waals surface area contributed by atoms with Crippen LogP contribution in [0.1, 0.15) is 17.5 Å². The van der Waals surface area contributed by atoms with E-state index in [2.05, 4.69) is 21.3 Å². The third-order valence-electron chi connectivity index (χ3n) is 4.46. The first-order valence-electron chi connectivity index (χ1n) is 8.32. The molecular weight excluding hydrogens is 319 g/mol. The molecule has 2 heterocycles. The normalized spacial score (nSPS) is 17.2. The number of aromatic nitrogens is 1. The van der Waals surface area contributed by atoms with Crippen molar-refractivity contribution in [3.05, 3.63) is 53.5 Å². The molecule has 0 radical (unpaired) electrons. The van der Waals surface area contributed by atoms with Crippen LogP contribution in [0.5, 0.6) is 5.75 Å². The molecule has 0 amide bonds. The van der Waals surface area contributed by atoms with Crippen molar-refractivity contribution in [1.82, 2.24) is 9.88 Å². The summed E-state index contributed by atoms with van der Waals surface area (Å²) in [4.78, 5) is 6.56. The first-order chi connectivity index (χ1) is 12.2. The molecule has 6 heteroatoms. The van der Waals surface area contributed by atoms with Crippen LogP contribution in [0, 0.1) is 23.1 Å². The van der Waals surface area contributed by atoms with Crippen LogP contribution in [0.25, 0.3) is 0 Å². The molecule has 1 N–H and O–H groups in total. The summed E-state index contributed by atoms with van der Waals surface area (Å²) in [5, 5.41) is 12.1. The van der Waals surface area contributed by atoms with Crippen molar-refractivity contribution in [2.45, 2.75) is 13.0 Å². The van der Waals surface area contributed by atoms with E-state index in [0.717, 1.165) is 44.0 Å². The smallest absolute Gasteiger partial charge is 0.165 e. The standard InChI is InChI=1S/C19H21FN4O/c1-25-18-4-2-14(8-17(18)20)12-24-7-6-16(13-24)11-23-19-5-3-15(9-21)10-22-19/h2-5,8,10,16H,6-7,11-13H2,1H3,(H,22,23)/t16-/m1/s1. The van der Waals surface area contributed by atoms with Gasteiger partial charge in [-0.05, 0) is 48.7 Å². The van der Waals surface area contributed by atoms with Crippen LogP contribution >= 0.6 is 0 Å². The van der Waals surface area contributed by atoms with Crippen LogP contribution in [-0.2, 0) is 6.54 Å². The molecule has 0 unspecified atom stereocenters. The van der Waals surface area contributed by atoms with E-state index >= 15 is 0 Å². The van der Waals surface area contributed by atoms with E-state index in [1.165, 1.54) is 7.11 Å². The van der Waals surface area contributed by atoms with Gasteiger partial charge in [0.2, 0.25) is 0 Å². The van der Waals surface area contributed by atoms with Crippen LogP contribution in [0.15, 0.2) is 36.5 Å². The van der Waals surface area contributed by atoms with Gasteiger partial charge in [0.1, 0.15) is 11.9 Å². The number of rotatable bonds is 6. The molecule has 0 spiro atoms. The minimum absolute atomic E-state index is 0.280. The topological polar surface area (TPSA) is 61.2 Å². The highest BCUT2D eigenvalue weighted by Gasteiger charge is 2.22. The largest absolute Gasteiger partial charge is 0.494 e. The van der Waals surface area contributed by atoms with Crippen molar-refractivity contribution in [2.24, 2.45) is 5.92 Å². The molecule has 0 saturated carbocycles. The maximum absolute atomic E-state index is 13.8. The minimum Gasteiger partial charge on any atom is -0.494 e. The second-order valence-electron chi connectivity index (χ2n) is 6.28. The predicted octanol–water partition coefficient (Wildman–Crippen LogP) is 3.03. The summed E-state index contributed by atoms with van der Waals surface area (Å²) in [6.45, 7) is 3.55. The van der Waals surface area contributed by atoms with E-state index in [1.54, 1.807) is 24.4 Å². The molecule has 1 aliphatic rings. The Bertz CT molecular complexity index is 757. The van der Waals surface area contributed by atoms with Gasteiger partial charge in [-0.3, -0.25) is 4.90 Å². The molecule has 1 atom stereocenters. The van der Waals surface area contributed by atoms with E-state index in [1.807, 2.05) is 12.1 Å². The van der Waals surface area contributed by atoms with E-state index in [9.17, 15) is 4.39 Å². The fraction of sp³-hybridized carbons (Fsp3) is 0.368. The van der Waals surface area contributed by atoms with Gasteiger partial charge in [-0.2, -0.15) is 5.26 Å². The van der Waals surface area contributed by atoms with Crippen molar-refractivity contribution in [3.63, 3.8) is 0 Å². The Hall–Kier alpha value is -2.65. The summed E-state index contributed by atoms with van der Waals surface area (Å²) in [6, 6.07) is 10.8. The average molecular weight is 340 g/mol. The highest BCUT2D eigenvalue weighted by atomic mass is 19.1. The van der Waals surface area contributed by atoms with E-state index in [4.69, 9.17) is 10.00 Å². The quantitative estimate of drug-likeness (QED) is 0.876. The molecule has 5 nitrogen and oxygen atoms in total. The Morgan fingerprint density at radius 3 is 2.96 bits per heavy atom. The summed E-state index contributed by atoms with van der Waals surface area (Å²) < 4.78 is 18.7. The molecule has 0 aliphatic carbocycles. The average Bonchev–Trinajstić information content (AvgIpc) is 3.08. The van der Waals surface area contributed by atoms with Crippen molar-refractivity contribution in [3.8, 4) is 11.8 Å². The lowest BCUT2D eigenvalue weighted by Crippen LogP contribution is -2.22. The van der Waals surface area contributed by atoms with Crippen molar-refractivity contribution in [2.75, 3.05) is 32.1 Å². The van der Waals surface area contributed by atoms with Gasteiger partial charge < -0.3 is 10.1 Å². The lowest BCUT2D eigenvalue weighted by molar-refractivity contribution is 0.317. The Balaban J connectivity index is 1.48. The number of likely N-dealkylation sites (tertiary alicyclic amines) is 1. The molecule has 3 rings (SSSR count). The van der Waals surface area contributed by atoms with Crippen molar-refractivity contribution >= 4 is 5.82 Å². The third kappa shape index (κ3) is 4.46. The van der Waals surface area contributed by atoms with Gasteiger partial charge in [-0.25, -0.2) is 9.37 Å². The number of hydrogen-bond acceptors (Lipinski definition) is 5. The van der Waals surface area contributed by atoms with Crippen molar-refractivity contribution in [1.29, 1.82) is 5.26 Å². The molecule has 1 aromatic heterocycles. The van der Waals surface area contributed by atoms with Gasteiger partial charge in [-0.1, -0.05) is 6.07 Å². The summed E-state index contributed by atoms with van der Waals surface area (Å²) in [5.41, 5.74) is 1.52. The zero-order chi connectivity index (χ0) is 17.6. The first-order valence-corrected chi connectivity index (χ1v) is 8.32. The Morgan fingerprint density at radius 1 is 1.40 bits per heavy atom. The van der Waals surface area contributed by atoms with Gasteiger partial charge in [0.15, 0.2) is 11.6 Å². The third-order valence-corrected chi connectivity index (χ3v) is 4.46. The Kier molecular flexibility index (Phi) is 5.46. The number of nitrogens with zero attached hydrogens (tertiary/aromatic N) is 3. The molecule has 0 bridgehead atoms. The highest BCUT2D eigenvalue weighted by molar-refractivity contribution is 5.39. The molecule has 1 aromatic carbocycles. The van der Waals surface area contributed by atoms with Gasteiger partial charge >= 0.3 is 0 Å². The minimum atomic E-state index is -0.315. The van der Waals surface area contributed by atoms with Crippen LogP contribution in [0.3, 0.4) is 0 Å². The van der Waals surface area contributed by atoms with Gasteiger partial charge in [0.25, 0.3) is 0 Å². The van der Waals surface area contributed by atoms with E-state index < -0.39 is 0 Å². The van der Waals surface area contributed by atoms with Crippen LogP contribution in [-0.4, -0.2) is 36.6 Å². The molecule has 1 aliphatic heterocycles. The summed E-state index contributed by atoms with van der Waals surface area (Å²) in [7, 11) is 1.47. The lowest BCUT2D eigenvalue weighted by atomic mass is 10.1. The fourth-order valence-electron chi connectivity index (χ4n) is 3.10. The van der Waals surface area contributed by atoms with Crippen LogP contribution in [0.4, 0.5) is 10.2 Å². The number of anilines is 1.